The predicted molar refractivity (Wildman–Crippen MR) is 80.7 cm³/mol. The predicted octanol–water partition coefficient (Wildman–Crippen LogP) is 2.84. The normalized spacial score (nSPS) is 12.3. The average Bonchev–Trinajstić information content (AvgIpc) is 2.85. The van der Waals surface area contributed by atoms with E-state index in [0.29, 0.717) is 0 Å². The van der Waals surface area contributed by atoms with E-state index in [-0.39, 0.29) is 6.04 Å². The molecule has 0 aliphatic heterocycles. The maximum atomic E-state index is 6.23. The smallest absolute Gasteiger partial charge is 0.119 e. The van der Waals surface area contributed by atoms with E-state index in [1.54, 1.807) is 6.20 Å². The van der Waals surface area contributed by atoms with Crippen LogP contribution in [-0.2, 0) is 13.5 Å². The summed E-state index contributed by atoms with van der Waals surface area (Å²) in [5.41, 5.74) is 7.34. The molecule has 1 aromatic heterocycles. The van der Waals surface area contributed by atoms with Crippen LogP contribution in [0.4, 0.5) is 0 Å². The minimum Gasteiger partial charge on any atom is -0.494 e. The number of aromatic nitrogens is 2. The van der Waals surface area contributed by atoms with Crippen LogP contribution in [0.1, 0.15) is 37.2 Å². The first-order chi connectivity index (χ1) is 9.70. The van der Waals surface area contributed by atoms with Gasteiger partial charge in [0.2, 0.25) is 0 Å². The monoisotopic (exact) mass is 273 g/mol. The molecule has 1 aromatic carbocycles. The summed E-state index contributed by atoms with van der Waals surface area (Å²) in [5, 5.41) is 0. The molecular formula is C16H23N3O. The molecule has 2 N–H and O–H groups in total. The molecule has 0 radical (unpaired) electrons. The van der Waals surface area contributed by atoms with E-state index in [9.17, 15) is 0 Å². The van der Waals surface area contributed by atoms with Gasteiger partial charge in [0.15, 0.2) is 0 Å². The number of imidazole rings is 1. The summed E-state index contributed by atoms with van der Waals surface area (Å²) >= 11 is 0. The van der Waals surface area contributed by atoms with Crippen LogP contribution >= 0.6 is 0 Å². The van der Waals surface area contributed by atoms with E-state index in [1.807, 2.05) is 42.1 Å². The summed E-state index contributed by atoms with van der Waals surface area (Å²) < 4.78 is 7.65. The standard InChI is InChI=1S/C16H23N3O/c1-3-4-11-20-14-7-5-13(6-8-14)15(17)12-16-18-9-10-19(16)2/h5-10,15H,3-4,11-12,17H2,1-2H3. The van der Waals surface area contributed by atoms with Gasteiger partial charge in [0, 0.05) is 31.9 Å². The van der Waals surface area contributed by atoms with Gasteiger partial charge >= 0.3 is 0 Å². The Labute approximate surface area is 120 Å². The van der Waals surface area contributed by atoms with Gasteiger partial charge in [-0.3, -0.25) is 0 Å². The van der Waals surface area contributed by atoms with Crippen molar-refractivity contribution in [2.75, 3.05) is 6.61 Å². The minimum absolute atomic E-state index is 0.0409. The zero-order valence-corrected chi connectivity index (χ0v) is 12.2. The van der Waals surface area contributed by atoms with Crippen molar-refractivity contribution in [3.8, 4) is 5.75 Å². The minimum atomic E-state index is -0.0409. The summed E-state index contributed by atoms with van der Waals surface area (Å²) in [7, 11) is 1.99. The van der Waals surface area contributed by atoms with Crippen molar-refractivity contribution in [3.63, 3.8) is 0 Å². The first-order valence-electron chi connectivity index (χ1n) is 7.15. The first-order valence-corrected chi connectivity index (χ1v) is 7.15. The van der Waals surface area contributed by atoms with Gasteiger partial charge < -0.3 is 15.0 Å². The summed E-state index contributed by atoms with van der Waals surface area (Å²) in [6.07, 6.45) is 6.70. The van der Waals surface area contributed by atoms with Gasteiger partial charge in [-0.25, -0.2) is 4.98 Å². The fraction of sp³-hybridized carbons (Fsp3) is 0.438. The third kappa shape index (κ3) is 3.84. The summed E-state index contributed by atoms with van der Waals surface area (Å²) in [6.45, 7) is 2.93. The van der Waals surface area contributed by atoms with Gasteiger partial charge in [-0.1, -0.05) is 25.5 Å². The summed E-state index contributed by atoms with van der Waals surface area (Å²) in [4.78, 5) is 4.31. The van der Waals surface area contributed by atoms with Crippen molar-refractivity contribution < 1.29 is 4.74 Å². The number of unbranched alkanes of at least 4 members (excludes halogenated alkanes) is 1. The lowest BCUT2D eigenvalue weighted by atomic mass is 10.0. The third-order valence-electron chi connectivity index (χ3n) is 3.40. The van der Waals surface area contributed by atoms with Crippen molar-refractivity contribution in [2.24, 2.45) is 12.8 Å². The Morgan fingerprint density at radius 3 is 2.65 bits per heavy atom. The maximum Gasteiger partial charge on any atom is 0.119 e. The zero-order valence-electron chi connectivity index (χ0n) is 12.2. The summed E-state index contributed by atoms with van der Waals surface area (Å²) in [6, 6.07) is 8.01. The molecule has 1 unspecified atom stereocenters. The molecule has 0 fully saturated rings. The maximum absolute atomic E-state index is 6.23. The lowest BCUT2D eigenvalue weighted by molar-refractivity contribution is 0.309. The zero-order chi connectivity index (χ0) is 14.4. The molecule has 20 heavy (non-hydrogen) atoms. The van der Waals surface area contributed by atoms with E-state index in [4.69, 9.17) is 10.5 Å². The second kappa shape index (κ2) is 7.10. The highest BCUT2D eigenvalue weighted by Crippen LogP contribution is 2.19. The topological polar surface area (TPSA) is 53.1 Å². The van der Waals surface area contributed by atoms with Crippen molar-refractivity contribution in [2.45, 2.75) is 32.2 Å². The molecule has 0 saturated carbocycles. The van der Waals surface area contributed by atoms with Gasteiger partial charge in [-0.15, -0.1) is 0 Å². The van der Waals surface area contributed by atoms with Crippen molar-refractivity contribution >= 4 is 0 Å². The molecular weight excluding hydrogens is 250 g/mol. The SMILES string of the molecule is CCCCOc1ccc(C(N)Cc2nccn2C)cc1. The quantitative estimate of drug-likeness (QED) is 0.789. The average molecular weight is 273 g/mol. The molecule has 0 aliphatic carbocycles. The number of rotatable bonds is 7. The Morgan fingerprint density at radius 2 is 2.05 bits per heavy atom. The molecule has 1 atom stereocenters. The highest BCUT2D eigenvalue weighted by molar-refractivity contribution is 5.29. The van der Waals surface area contributed by atoms with Crippen LogP contribution in [0.25, 0.3) is 0 Å². The molecule has 4 heteroatoms. The number of aryl methyl sites for hydroxylation is 1. The van der Waals surface area contributed by atoms with E-state index in [1.165, 1.54) is 0 Å². The Morgan fingerprint density at radius 1 is 1.30 bits per heavy atom. The van der Waals surface area contributed by atoms with E-state index in [0.717, 1.165) is 43.0 Å². The lowest BCUT2D eigenvalue weighted by Crippen LogP contribution is -2.15. The Hall–Kier alpha value is -1.81. The van der Waals surface area contributed by atoms with Crippen LogP contribution in [0, 0.1) is 0 Å². The Kier molecular flexibility index (Phi) is 5.18. The lowest BCUT2D eigenvalue weighted by Gasteiger charge is -2.13. The second-order valence-electron chi connectivity index (χ2n) is 5.04. The second-order valence-corrected chi connectivity index (χ2v) is 5.04. The van der Waals surface area contributed by atoms with Gasteiger partial charge in [0.05, 0.1) is 6.61 Å². The van der Waals surface area contributed by atoms with E-state index < -0.39 is 0 Å². The fourth-order valence-electron chi connectivity index (χ4n) is 2.05. The van der Waals surface area contributed by atoms with Crippen molar-refractivity contribution in [1.29, 1.82) is 0 Å². The van der Waals surface area contributed by atoms with Gasteiger partial charge in [0.25, 0.3) is 0 Å². The van der Waals surface area contributed by atoms with Crippen LogP contribution < -0.4 is 10.5 Å². The molecule has 0 saturated heterocycles. The van der Waals surface area contributed by atoms with Crippen LogP contribution in [0.2, 0.25) is 0 Å². The number of nitrogens with zero attached hydrogens (tertiary/aromatic N) is 2. The Balaban J connectivity index is 1.93. The molecule has 0 amide bonds. The van der Waals surface area contributed by atoms with Crippen LogP contribution in [0.15, 0.2) is 36.7 Å². The van der Waals surface area contributed by atoms with Crippen LogP contribution in [0.5, 0.6) is 5.75 Å². The van der Waals surface area contributed by atoms with E-state index in [2.05, 4.69) is 11.9 Å². The first kappa shape index (κ1) is 14.6. The fourth-order valence-corrected chi connectivity index (χ4v) is 2.05. The molecule has 0 spiro atoms. The van der Waals surface area contributed by atoms with Crippen LogP contribution in [-0.4, -0.2) is 16.2 Å². The number of nitrogens with two attached hydrogens (primary N) is 1. The molecule has 108 valence electrons. The molecule has 0 aliphatic rings. The number of ether oxygens (including phenoxy) is 1. The Bertz CT molecular complexity index is 519. The number of hydrogen-bond acceptors (Lipinski definition) is 3. The molecule has 2 rings (SSSR count). The van der Waals surface area contributed by atoms with Crippen molar-refractivity contribution in [1.82, 2.24) is 9.55 Å². The summed E-state index contributed by atoms with van der Waals surface area (Å²) in [5.74, 6) is 1.91. The molecule has 2 aromatic rings. The number of hydrogen-bond donors (Lipinski definition) is 1. The molecule has 0 bridgehead atoms. The highest BCUT2D eigenvalue weighted by atomic mass is 16.5. The van der Waals surface area contributed by atoms with Gasteiger partial charge in [-0.05, 0) is 24.1 Å². The van der Waals surface area contributed by atoms with Gasteiger partial charge in [-0.2, -0.15) is 0 Å². The molecule has 4 nitrogen and oxygen atoms in total. The number of benzene rings is 1. The van der Waals surface area contributed by atoms with Crippen LogP contribution in [0.3, 0.4) is 0 Å². The third-order valence-corrected chi connectivity index (χ3v) is 3.40. The largest absolute Gasteiger partial charge is 0.494 e. The van der Waals surface area contributed by atoms with Crippen molar-refractivity contribution in [3.05, 3.63) is 48.0 Å². The highest BCUT2D eigenvalue weighted by Gasteiger charge is 2.10. The molecule has 1 heterocycles. The van der Waals surface area contributed by atoms with Gasteiger partial charge in [0.1, 0.15) is 11.6 Å². The van der Waals surface area contributed by atoms with E-state index >= 15 is 0 Å².